The highest BCUT2D eigenvalue weighted by Gasteiger charge is 2.36. The van der Waals surface area contributed by atoms with Crippen molar-refractivity contribution >= 4 is 33.4 Å². The summed E-state index contributed by atoms with van der Waals surface area (Å²) in [5, 5.41) is 2.72. The van der Waals surface area contributed by atoms with Crippen molar-refractivity contribution in [2.24, 2.45) is 5.92 Å². The van der Waals surface area contributed by atoms with E-state index in [-0.39, 0.29) is 28.4 Å². The third-order valence-corrected chi connectivity index (χ3v) is 6.63. The number of ether oxygens (including phenoxy) is 1. The monoisotopic (exact) mass is 423 g/mol. The maximum absolute atomic E-state index is 12.9. The van der Waals surface area contributed by atoms with Crippen LogP contribution in [0.4, 0.5) is 5.69 Å². The van der Waals surface area contributed by atoms with Crippen LogP contribution in [0.3, 0.4) is 0 Å². The van der Waals surface area contributed by atoms with Crippen molar-refractivity contribution < 1.29 is 27.5 Å². The maximum Gasteiger partial charge on any atom is 0.265 e. The van der Waals surface area contributed by atoms with Crippen molar-refractivity contribution in [3.63, 3.8) is 0 Å². The highest BCUT2D eigenvalue weighted by molar-refractivity contribution is 7.90. The lowest BCUT2D eigenvalue weighted by Crippen LogP contribution is -2.47. The molecular weight excluding hydrogens is 398 g/mol. The van der Waals surface area contributed by atoms with Crippen molar-refractivity contribution in [3.8, 4) is 5.75 Å². The van der Waals surface area contributed by atoms with Gasteiger partial charge in [-0.2, -0.15) is 0 Å². The topological polar surface area (TPSA) is 122 Å². The van der Waals surface area contributed by atoms with Gasteiger partial charge in [0.05, 0.1) is 10.6 Å². The Bertz CT molecular complexity index is 972. The number of sulfonamides is 1. The molecule has 1 aromatic carbocycles. The molecule has 0 radical (unpaired) electrons. The number of fused-ring (bicyclic) bond motifs is 1. The quantitative estimate of drug-likeness (QED) is 0.750. The summed E-state index contributed by atoms with van der Waals surface area (Å²) in [4.78, 5) is 37.6. The Hall–Kier alpha value is -2.62. The molecule has 9 nitrogen and oxygen atoms in total. The van der Waals surface area contributed by atoms with E-state index in [1.165, 1.54) is 24.0 Å². The number of benzene rings is 1. The molecule has 10 heteroatoms. The third kappa shape index (κ3) is 4.07. The number of likely N-dealkylation sites (tertiary alicyclic amines) is 1. The minimum atomic E-state index is -4.19. The number of hydrogen-bond donors (Lipinski definition) is 2. The number of rotatable bonds is 4. The lowest BCUT2D eigenvalue weighted by molar-refractivity contribution is -0.136. The third-order valence-electron chi connectivity index (χ3n) is 5.14. The van der Waals surface area contributed by atoms with Crippen LogP contribution in [0.1, 0.15) is 39.2 Å². The zero-order valence-corrected chi connectivity index (χ0v) is 17.6. The summed E-state index contributed by atoms with van der Waals surface area (Å²) in [5.41, 5.74) is 0.735. The first-order valence-electron chi connectivity index (χ1n) is 9.47. The molecule has 0 aromatic heterocycles. The molecular formula is C19H25N3O6S. The Kier molecular flexibility index (Phi) is 5.57. The number of nitrogens with zero attached hydrogens (tertiary/aromatic N) is 1. The zero-order chi connectivity index (χ0) is 21.5. The summed E-state index contributed by atoms with van der Waals surface area (Å²) in [5.74, 6) is -1.17. The second-order valence-electron chi connectivity index (χ2n) is 7.73. The van der Waals surface area contributed by atoms with Gasteiger partial charge in [-0.05, 0) is 37.3 Å². The summed E-state index contributed by atoms with van der Waals surface area (Å²) in [6.07, 6.45) is 0.313. The summed E-state index contributed by atoms with van der Waals surface area (Å²) in [6.45, 7) is 6.99. The van der Waals surface area contributed by atoms with Crippen molar-refractivity contribution in [2.75, 3.05) is 11.9 Å². The molecule has 3 rings (SSSR count). The summed E-state index contributed by atoms with van der Waals surface area (Å²) < 4.78 is 33.6. The van der Waals surface area contributed by atoms with Gasteiger partial charge >= 0.3 is 0 Å². The van der Waals surface area contributed by atoms with Crippen molar-refractivity contribution in [2.45, 2.75) is 57.6 Å². The molecule has 3 amide bonds. The predicted octanol–water partition coefficient (Wildman–Crippen LogP) is 1.17. The Morgan fingerprint density at radius 3 is 2.62 bits per heavy atom. The fourth-order valence-electron chi connectivity index (χ4n) is 3.66. The molecule has 2 heterocycles. The number of nitrogens with one attached hydrogen (secondary N) is 2. The SMILES string of the molecule is CC(=O)N1CCC[C@@H]1C(=O)NS(=O)(=O)c1cc2c(cc1C)NC(=O)[C@@H](C(C)C)O2. The smallest absolute Gasteiger partial charge is 0.265 e. The molecule has 0 spiro atoms. The summed E-state index contributed by atoms with van der Waals surface area (Å²) >= 11 is 0. The molecule has 29 heavy (non-hydrogen) atoms. The lowest BCUT2D eigenvalue weighted by atomic mass is 10.0. The fourth-order valence-corrected chi connectivity index (χ4v) is 4.91. The van der Waals surface area contributed by atoms with E-state index in [1.54, 1.807) is 6.92 Å². The van der Waals surface area contributed by atoms with Crippen LogP contribution in [-0.4, -0.2) is 49.7 Å². The highest BCUT2D eigenvalue weighted by atomic mass is 32.2. The van der Waals surface area contributed by atoms with Gasteiger partial charge in [0.1, 0.15) is 11.8 Å². The maximum atomic E-state index is 12.9. The standard InChI is InChI=1S/C19H25N3O6S/c1-10(2)17-19(25)20-13-8-11(3)16(9-15(13)28-17)29(26,27)21-18(24)14-6-5-7-22(14)12(4)23/h8-10,14,17H,5-7H2,1-4H3,(H,20,25)(H,21,24)/t14-,17-/m1/s1. The van der Waals surface area contributed by atoms with Gasteiger partial charge in [0.15, 0.2) is 6.10 Å². The minimum absolute atomic E-state index is 0.107. The molecule has 158 valence electrons. The number of carbonyl (C=O) groups excluding carboxylic acids is 3. The first-order chi connectivity index (χ1) is 13.5. The van der Waals surface area contributed by atoms with E-state index in [9.17, 15) is 22.8 Å². The van der Waals surface area contributed by atoms with Gasteiger partial charge in [-0.1, -0.05) is 13.8 Å². The number of carbonyl (C=O) groups is 3. The first kappa shape index (κ1) is 21.1. The van der Waals surface area contributed by atoms with Crippen molar-refractivity contribution in [1.29, 1.82) is 0 Å². The van der Waals surface area contributed by atoms with Crippen LogP contribution in [-0.2, 0) is 24.4 Å². The van der Waals surface area contributed by atoms with Crippen LogP contribution in [0.5, 0.6) is 5.75 Å². The van der Waals surface area contributed by atoms with E-state index in [1.807, 2.05) is 13.8 Å². The Morgan fingerprint density at radius 2 is 2.00 bits per heavy atom. The van der Waals surface area contributed by atoms with Crippen LogP contribution >= 0.6 is 0 Å². The molecule has 2 aliphatic heterocycles. The molecule has 2 atom stereocenters. The Morgan fingerprint density at radius 1 is 1.31 bits per heavy atom. The second kappa shape index (κ2) is 7.66. The van der Waals surface area contributed by atoms with Gasteiger partial charge in [-0.3, -0.25) is 14.4 Å². The molecule has 2 aliphatic rings. The molecule has 0 unspecified atom stereocenters. The van der Waals surface area contributed by atoms with E-state index >= 15 is 0 Å². The average molecular weight is 423 g/mol. The van der Waals surface area contributed by atoms with Gasteiger partial charge < -0.3 is 15.0 Å². The van der Waals surface area contributed by atoms with Gasteiger partial charge in [-0.25, -0.2) is 13.1 Å². The zero-order valence-electron chi connectivity index (χ0n) is 16.8. The van der Waals surface area contributed by atoms with Crippen LogP contribution in [0.25, 0.3) is 0 Å². The largest absolute Gasteiger partial charge is 0.478 e. The Labute approximate surface area is 169 Å². The number of anilines is 1. The minimum Gasteiger partial charge on any atom is -0.478 e. The molecule has 0 bridgehead atoms. The van der Waals surface area contributed by atoms with Crippen LogP contribution in [0.2, 0.25) is 0 Å². The van der Waals surface area contributed by atoms with Crippen LogP contribution in [0, 0.1) is 12.8 Å². The van der Waals surface area contributed by atoms with E-state index in [0.29, 0.717) is 30.6 Å². The van der Waals surface area contributed by atoms with E-state index in [2.05, 4.69) is 10.0 Å². The first-order valence-corrected chi connectivity index (χ1v) is 11.0. The lowest BCUT2D eigenvalue weighted by Gasteiger charge is -2.29. The van der Waals surface area contributed by atoms with E-state index in [0.717, 1.165) is 0 Å². The van der Waals surface area contributed by atoms with Crippen molar-refractivity contribution in [1.82, 2.24) is 9.62 Å². The van der Waals surface area contributed by atoms with Gasteiger partial charge in [0.25, 0.3) is 21.8 Å². The summed E-state index contributed by atoms with van der Waals surface area (Å²) in [7, 11) is -4.19. The number of amides is 3. The molecule has 0 aliphatic carbocycles. The predicted molar refractivity (Wildman–Crippen MR) is 105 cm³/mol. The number of hydrogen-bond acceptors (Lipinski definition) is 6. The number of aryl methyl sites for hydroxylation is 1. The van der Waals surface area contributed by atoms with Crippen LogP contribution < -0.4 is 14.8 Å². The average Bonchev–Trinajstić information content (AvgIpc) is 3.10. The molecule has 2 N–H and O–H groups in total. The normalized spacial score (nSPS) is 21.4. The highest BCUT2D eigenvalue weighted by Crippen LogP contribution is 2.35. The summed E-state index contributed by atoms with van der Waals surface area (Å²) in [6, 6.07) is 2.01. The Balaban J connectivity index is 1.88. The van der Waals surface area contributed by atoms with E-state index in [4.69, 9.17) is 4.74 Å². The molecule has 0 saturated carbocycles. The van der Waals surface area contributed by atoms with Gasteiger partial charge in [-0.15, -0.1) is 0 Å². The molecule has 1 saturated heterocycles. The van der Waals surface area contributed by atoms with Crippen molar-refractivity contribution in [3.05, 3.63) is 17.7 Å². The molecule has 1 aromatic rings. The van der Waals surface area contributed by atoms with Gasteiger partial charge in [0, 0.05) is 19.5 Å². The second-order valence-corrected chi connectivity index (χ2v) is 9.38. The van der Waals surface area contributed by atoms with E-state index < -0.39 is 28.1 Å². The molecule has 1 fully saturated rings. The fraction of sp³-hybridized carbons (Fsp3) is 0.526. The van der Waals surface area contributed by atoms with Crippen LogP contribution in [0.15, 0.2) is 17.0 Å². The van der Waals surface area contributed by atoms with Gasteiger partial charge in [0.2, 0.25) is 5.91 Å².